The van der Waals surface area contributed by atoms with Crippen LogP contribution in [0.1, 0.15) is 48.4 Å². The number of carbonyl (C=O) groups is 1. The van der Waals surface area contributed by atoms with Crippen LogP contribution in [0.5, 0.6) is 0 Å². The molecule has 1 aromatic heterocycles. The molecule has 5 aromatic carbocycles. The second-order valence-corrected chi connectivity index (χ2v) is 11.4. The molecule has 2 N–H and O–H groups in total. The molecule has 0 amide bonds. The Labute approximate surface area is 269 Å². The molecule has 7 heteroatoms. The normalized spacial score (nSPS) is 12.1. The molecule has 0 saturated carbocycles. The SMILES string of the molecule is CCCCC(NCc1ccc(-c2ccccc2-c2nnnn2C(c2ccccc2)(c2ccccc2)c2ccccc2)cc1)C(=O)O. The molecule has 0 fully saturated rings. The van der Waals surface area contributed by atoms with Gasteiger partial charge < -0.3 is 10.4 Å². The van der Waals surface area contributed by atoms with E-state index in [9.17, 15) is 9.90 Å². The van der Waals surface area contributed by atoms with E-state index in [1.807, 2.05) is 83.5 Å². The zero-order valence-corrected chi connectivity index (χ0v) is 25.8. The van der Waals surface area contributed by atoms with Crippen LogP contribution in [0.4, 0.5) is 0 Å². The van der Waals surface area contributed by atoms with E-state index in [-0.39, 0.29) is 0 Å². The Bertz CT molecular complexity index is 1760. The van der Waals surface area contributed by atoms with Crippen LogP contribution >= 0.6 is 0 Å². The van der Waals surface area contributed by atoms with Gasteiger partial charge in [-0.25, -0.2) is 4.68 Å². The van der Waals surface area contributed by atoms with E-state index in [0.29, 0.717) is 18.8 Å². The molecule has 6 aromatic rings. The smallest absolute Gasteiger partial charge is 0.320 e. The molecule has 230 valence electrons. The molecule has 7 nitrogen and oxygen atoms in total. The fourth-order valence-electron chi connectivity index (χ4n) is 6.18. The van der Waals surface area contributed by atoms with Gasteiger partial charge in [0.2, 0.25) is 0 Å². The fraction of sp³-hybridized carbons (Fsp3) is 0.179. The van der Waals surface area contributed by atoms with E-state index in [1.54, 1.807) is 0 Å². The molecule has 0 radical (unpaired) electrons. The molecule has 0 bridgehead atoms. The molecule has 1 heterocycles. The number of hydrogen-bond donors (Lipinski definition) is 2. The maximum Gasteiger partial charge on any atom is 0.320 e. The fourth-order valence-corrected chi connectivity index (χ4v) is 6.18. The second kappa shape index (κ2) is 14.1. The maximum atomic E-state index is 11.7. The molecule has 0 spiro atoms. The van der Waals surface area contributed by atoms with E-state index in [2.05, 4.69) is 83.2 Å². The maximum absolute atomic E-state index is 11.7. The first-order chi connectivity index (χ1) is 22.6. The minimum Gasteiger partial charge on any atom is -0.480 e. The van der Waals surface area contributed by atoms with Crippen LogP contribution < -0.4 is 5.32 Å². The predicted molar refractivity (Wildman–Crippen MR) is 181 cm³/mol. The summed E-state index contributed by atoms with van der Waals surface area (Å²) in [5.41, 5.74) is 6.17. The molecule has 6 rings (SSSR count). The number of rotatable bonds is 13. The number of benzene rings is 5. The van der Waals surface area contributed by atoms with Gasteiger partial charge in [0.25, 0.3) is 0 Å². The Balaban J connectivity index is 1.44. The number of aromatic nitrogens is 4. The molecule has 0 aliphatic rings. The lowest BCUT2D eigenvalue weighted by Gasteiger charge is -2.36. The summed E-state index contributed by atoms with van der Waals surface area (Å²) in [6, 6.07) is 47.0. The third-order valence-corrected chi connectivity index (χ3v) is 8.49. The number of tetrazole rings is 1. The summed E-state index contributed by atoms with van der Waals surface area (Å²) in [5, 5.41) is 26.5. The molecule has 0 aliphatic heterocycles. The van der Waals surface area contributed by atoms with Crippen LogP contribution in [-0.4, -0.2) is 37.3 Å². The Hall–Kier alpha value is -5.40. The summed E-state index contributed by atoms with van der Waals surface area (Å²) in [5.74, 6) is -0.174. The molecule has 46 heavy (non-hydrogen) atoms. The monoisotopic (exact) mass is 607 g/mol. The van der Waals surface area contributed by atoms with Gasteiger partial charge in [0.1, 0.15) is 11.6 Å². The van der Waals surface area contributed by atoms with Crippen molar-refractivity contribution in [3.05, 3.63) is 162 Å². The Morgan fingerprint density at radius 2 is 1.26 bits per heavy atom. The molecular weight excluding hydrogens is 570 g/mol. The van der Waals surface area contributed by atoms with Crippen molar-refractivity contribution in [1.82, 2.24) is 25.5 Å². The highest BCUT2D eigenvalue weighted by Gasteiger charge is 2.42. The quantitative estimate of drug-likeness (QED) is 0.132. The van der Waals surface area contributed by atoms with Gasteiger partial charge in [-0.2, -0.15) is 0 Å². The van der Waals surface area contributed by atoms with E-state index >= 15 is 0 Å². The molecule has 0 aliphatic carbocycles. The van der Waals surface area contributed by atoms with Crippen molar-refractivity contribution in [2.24, 2.45) is 0 Å². The van der Waals surface area contributed by atoms with Crippen molar-refractivity contribution >= 4 is 5.97 Å². The van der Waals surface area contributed by atoms with Gasteiger partial charge >= 0.3 is 5.97 Å². The lowest BCUT2D eigenvalue weighted by Crippen LogP contribution is -2.39. The van der Waals surface area contributed by atoms with Gasteiger partial charge in [0.05, 0.1) is 0 Å². The van der Waals surface area contributed by atoms with Gasteiger partial charge in [0, 0.05) is 12.1 Å². The topological polar surface area (TPSA) is 92.9 Å². The van der Waals surface area contributed by atoms with Gasteiger partial charge in [-0.05, 0) is 50.2 Å². The van der Waals surface area contributed by atoms with Crippen LogP contribution in [0.3, 0.4) is 0 Å². The Kier molecular flexibility index (Phi) is 9.41. The highest BCUT2D eigenvalue weighted by atomic mass is 16.4. The first kappa shape index (κ1) is 30.6. The van der Waals surface area contributed by atoms with Crippen LogP contribution in [-0.2, 0) is 16.9 Å². The highest BCUT2D eigenvalue weighted by molar-refractivity contribution is 5.81. The van der Waals surface area contributed by atoms with Crippen molar-refractivity contribution in [3.8, 4) is 22.5 Å². The number of hydrogen-bond acceptors (Lipinski definition) is 5. The van der Waals surface area contributed by atoms with Crippen LogP contribution in [0.15, 0.2) is 140 Å². The minimum atomic E-state index is -0.857. The lowest BCUT2D eigenvalue weighted by molar-refractivity contribution is -0.139. The van der Waals surface area contributed by atoms with Crippen molar-refractivity contribution in [2.45, 2.75) is 44.3 Å². The van der Waals surface area contributed by atoms with Crippen molar-refractivity contribution in [2.75, 3.05) is 0 Å². The largest absolute Gasteiger partial charge is 0.480 e. The zero-order chi connectivity index (χ0) is 31.8. The van der Waals surface area contributed by atoms with Gasteiger partial charge in [-0.15, -0.1) is 5.10 Å². The summed E-state index contributed by atoms with van der Waals surface area (Å²) in [7, 11) is 0. The van der Waals surface area contributed by atoms with Crippen LogP contribution in [0.25, 0.3) is 22.5 Å². The van der Waals surface area contributed by atoms with Crippen molar-refractivity contribution < 1.29 is 9.90 Å². The highest BCUT2D eigenvalue weighted by Crippen LogP contribution is 2.43. The number of carboxylic acid groups (broad SMARTS) is 1. The van der Waals surface area contributed by atoms with Crippen LogP contribution in [0, 0.1) is 0 Å². The Morgan fingerprint density at radius 3 is 1.78 bits per heavy atom. The summed E-state index contributed by atoms with van der Waals surface area (Å²) in [4.78, 5) is 11.7. The van der Waals surface area contributed by atoms with Gasteiger partial charge in [-0.1, -0.05) is 159 Å². The number of aliphatic carboxylic acids is 1. The lowest BCUT2D eigenvalue weighted by atomic mass is 9.77. The van der Waals surface area contributed by atoms with E-state index in [0.717, 1.165) is 51.8 Å². The zero-order valence-electron chi connectivity index (χ0n) is 25.8. The van der Waals surface area contributed by atoms with Crippen LogP contribution in [0.2, 0.25) is 0 Å². The van der Waals surface area contributed by atoms with E-state index < -0.39 is 17.6 Å². The predicted octanol–water partition coefficient (Wildman–Crippen LogP) is 7.58. The van der Waals surface area contributed by atoms with E-state index in [1.165, 1.54) is 0 Å². The summed E-state index contributed by atoms with van der Waals surface area (Å²) in [6.45, 7) is 2.55. The number of nitrogens with zero attached hydrogens (tertiary/aromatic N) is 4. The summed E-state index contributed by atoms with van der Waals surface area (Å²) >= 11 is 0. The minimum absolute atomic E-state index is 0.481. The van der Waals surface area contributed by atoms with E-state index in [4.69, 9.17) is 5.21 Å². The van der Waals surface area contributed by atoms with Gasteiger partial charge in [0.15, 0.2) is 5.82 Å². The molecular formula is C39H37N5O2. The van der Waals surface area contributed by atoms with Gasteiger partial charge in [-0.3, -0.25) is 4.79 Å². The molecule has 1 atom stereocenters. The third kappa shape index (κ3) is 6.10. The standard InChI is InChI=1S/C39H37N5O2/c1-2-3-23-36(38(45)46)40-28-29-24-26-30(27-25-29)34-21-13-14-22-35(34)37-41-42-43-44(37)39(31-15-7-4-8-16-31,32-17-9-5-10-18-32)33-19-11-6-12-20-33/h4-22,24-27,36,40H,2-3,23,28H2,1H3,(H,45,46). The first-order valence-corrected chi connectivity index (χ1v) is 15.7. The van der Waals surface area contributed by atoms with Crippen molar-refractivity contribution in [1.29, 1.82) is 0 Å². The number of nitrogens with one attached hydrogen (secondary N) is 1. The molecule has 0 saturated heterocycles. The summed E-state index contributed by atoms with van der Waals surface area (Å²) in [6.07, 6.45) is 2.45. The average Bonchev–Trinajstić information content (AvgIpc) is 3.60. The average molecular weight is 608 g/mol. The number of carboxylic acids is 1. The number of unbranched alkanes of at least 4 members (excludes halogenated alkanes) is 1. The summed E-state index contributed by atoms with van der Waals surface area (Å²) < 4.78 is 1.95. The Morgan fingerprint density at radius 1 is 0.739 bits per heavy atom. The second-order valence-electron chi connectivity index (χ2n) is 11.4. The molecule has 1 unspecified atom stereocenters. The first-order valence-electron chi connectivity index (χ1n) is 15.7. The van der Waals surface area contributed by atoms with Crippen molar-refractivity contribution in [3.63, 3.8) is 0 Å². The third-order valence-electron chi connectivity index (χ3n) is 8.49.